The molecule has 1 aromatic heterocycles. The van der Waals surface area contributed by atoms with E-state index >= 15 is 0 Å². The molecule has 0 unspecified atom stereocenters. The zero-order valence-corrected chi connectivity index (χ0v) is 15.4. The van der Waals surface area contributed by atoms with Crippen molar-refractivity contribution in [2.24, 2.45) is 5.41 Å². The number of hydrogen-bond acceptors (Lipinski definition) is 5. The summed E-state index contributed by atoms with van der Waals surface area (Å²) in [6.45, 7) is 6.78. The highest BCUT2D eigenvalue weighted by molar-refractivity contribution is 7.08. The van der Waals surface area contributed by atoms with E-state index in [1.807, 2.05) is 26.8 Å². The first kappa shape index (κ1) is 18.6. The lowest BCUT2D eigenvalue weighted by Crippen LogP contribution is -2.49. The molecule has 132 valence electrons. The number of carbonyl (C=O) groups excluding carboxylic acids is 1. The van der Waals surface area contributed by atoms with Gasteiger partial charge < -0.3 is 10.0 Å². The van der Waals surface area contributed by atoms with Gasteiger partial charge in [0.25, 0.3) is 5.91 Å². The molecule has 0 aromatic carbocycles. The number of aliphatic carboxylic acids is 1. The molecule has 0 aliphatic carbocycles. The van der Waals surface area contributed by atoms with Crippen molar-refractivity contribution in [3.05, 3.63) is 22.2 Å². The van der Waals surface area contributed by atoms with Crippen molar-refractivity contribution in [2.75, 3.05) is 13.1 Å². The SMILES string of the molecule is CCCc1nnsc1C(=O)N1CCC[C@](CC=C(C)C)(C(=O)O)C1. The van der Waals surface area contributed by atoms with Crippen LogP contribution in [0.25, 0.3) is 0 Å². The van der Waals surface area contributed by atoms with E-state index in [0.717, 1.165) is 29.2 Å². The van der Waals surface area contributed by atoms with E-state index < -0.39 is 11.4 Å². The van der Waals surface area contributed by atoms with E-state index in [1.165, 1.54) is 0 Å². The Labute approximate surface area is 146 Å². The second-order valence-electron chi connectivity index (χ2n) is 6.70. The van der Waals surface area contributed by atoms with Gasteiger partial charge in [-0.2, -0.15) is 0 Å². The lowest BCUT2D eigenvalue weighted by atomic mass is 9.76. The molecule has 24 heavy (non-hydrogen) atoms. The Kier molecular flexibility index (Phi) is 6.10. The number of hydrogen-bond donors (Lipinski definition) is 1. The summed E-state index contributed by atoms with van der Waals surface area (Å²) in [7, 11) is 0. The standard InChI is InChI=1S/C17H25N3O3S/c1-4-6-13-14(24-19-18-13)15(21)20-10-5-8-17(11-20,16(22)23)9-7-12(2)3/h7H,4-6,8-11H2,1-3H3,(H,22,23)/t17-/m1/s1. The van der Waals surface area contributed by atoms with Crippen LogP contribution < -0.4 is 0 Å². The molecule has 0 spiro atoms. The smallest absolute Gasteiger partial charge is 0.311 e. The van der Waals surface area contributed by atoms with E-state index in [4.69, 9.17) is 0 Å². The zero-order valence-electron chi connectivity index (χ0n) is 14.5. The van der Waals surface area contributed by atoms with Crippen LogP contribution in [-0.2, 0) is 11.2 Å². The molecular weight excluding hydrogens is 326 g/mol. The maximum absolute atomic E-state index is 12.9. The van der Waals surface area contributed by atoms with Crippen LogP contribution in [0.4, 0.5) is 0 Å². The highest BCUT2D eigenvalue weighted by Crippen LogP contribution is 2.35. The second kappa shape index (κ2) is 7.88. The molecule has 6 nitrogen and oxygen atoms in total. The van der Waals surface area contributed by atoms with E-state index in [2.05, 4.69) is 9.59 Å². The van der Waals surface area contributed by atoms with Crippen LogP contribution in [-0.4, -0.2) is 44.6 Å². The van der Waals surface area contributed by atoms with Gasteiger partial charge in [-0.25, -0.2) is 0 Å². The van der Waals surface area contributed by atoms with E-state index in [-0.39, 0.29) is 12.5 Å². The van der Waals surface area contributed by atoms with Crippen molar-refractivity contribution in [3.63, 3.8) is 0 Å². The molecule has 1 aliphatic rings. The van der Waals surface area contributed by atoms with Crippen molar-refractivity contribution >= 4 is 23.4 Å². The molecule has 1 amide bonds. The van der Waals surface area contributed by atoms with Gasteiger partial charge in [-0.3, -0.25) is 9.59 Å². The number of likely N-dealkylation sites (tertiary alicyclic amines) is 1. The number of rotatable bonds is 6. The predicted molar refractivity (Wildman–Crippen MR) is 93.2 cm³/mol. The number of aryl methyl sites for hydroxylation is 1. The molecule has 0 saturated carbocycles. The highest BCUT2D eigenvalue weighted by Gasteiger charge is 2.43. The molecule has 1 fully saturated rings. The fraction of sp³-hybridized carbons (Fsp3) is 0.647. The van der Waals surface area contributed by atoms with Gasteiger partial charge in [0.15, 0.2) is 0 Å². The minimum atomic E-state index is -0.895. The third-order valence-corrected chi connectivity index (χ3v) is 5.21. The highest BCUT2D eigenvalue weighted by atomic mass is 32.1. The van der Waals surface area contributed by atoms with Gasteiger partial charge in [0.1, 0.15) is 4.88 Å². The Morgan fingerprint density at radius 2 is 2.17 bits per heavy atom. The van der Waals surface area contributed by atoms with Crippen LogP contribution >= 0.6 is 11.5 Å². The molecule has 1 N–H and O–H groups in total. The van der Waals surface area contributed by atoms with E-state index in [1.54, 1.807) is 4.90 Å². The quantitative estimate of drug-likeness (QED) is 0.796. The normalized spacial score (nSPS) is 20.7. The molecule has 1 atom stereocenters. The Bertz CT molecular complexity index is 637. The van der Waals surface area contributed by atoms with Gasteiger partial charge in [-0.1, -0.05) is 29.5 Å². The monoisotopic (exact) mass is 351 g/mol. The molecule has 0 radical (unpaired) electrons. The van der Waals surface area contributed by atoms with Gasteiger partial charge in [0.2, 0.25) is 0 Å². The van der Waals surface area contributed by atoms with Gasteiger partial charge in [0, 0.05) is 13.1 Å². The van der Waals surface area contributed by atoms with Crippen LogP contribution in [0.3, 0.4) is 0 Å². The number of carboxylic acid groups (broad SMARTS) is 1. The molecule has 1 aliphatic heterocycles. The number of piperidine rings is 1. The Morgan fingerprint density at radius 3 is 2.79 bits per heavy atom. The molecule has 1 saturated heterocycles. The van der Waals surface area contributed by atoms with Gasteiger partial charge >= 0.3 is 5.97 Å². The average Bonchev–Trinajstić information content (AvgIpc) is 3.01. The van der Waals surface area contributed by atoms with Gasteiger partial charge in [-0.05, 0) is 51.1 Å². The molecule has 7 heteroatoms. The summed E-state index contributed by atoms with van der Waals surface area (Å²) in [5.41, 5.74) is 0.924. The first-order chi connectivity index (χ1) is 11.4. The number of aromatic nitrogens is 2. The summed E-state index contributed by atoms with van der Waals surface area (Å²) in [5, 5.41) is 13.8. The fourth-order valence-electron chi connectivity index (χ4n) is 3.05. The largest absolute Gasteiger partial charge is 0.481 e. The average molecular weight is 351 g/mol. The number of allylic oxidation sites excluding steroid dienone is 2. The summed E-state index contributed by atoms with van der Waals surface area (Å²) in [6, 6.07) is 0. The second-order valence-corrected chi connectivity index (χ2v) is 7.45. The van der Waals surface area contributed by atoms with Crippen molar-refractivity contribution in [2.45, 2.75) is 52.9 Å². The Morgan fingerprint density at radius 1 is 1.42 bits per heavy atom. The van der Waals surface area contributed by atoms with Gasteiger partial charge in [-0.15, -0.1) is 5.10 Å². The first-order valence-electron chi connectivity index (χ1n) is 8.37. The van der Waals surface area contributed by atoms with Crippen LogP contribution in [0.2, 0.25) is 0 Å². The molecule has 1 aromatic rings. The Balaban J connectivity index is 2.21. The minimum Gasteiger partial charge on any atom is -0.481 e. The van der Waals surface area contributed by atoms with Crippen molar-refractivity contribution in [1.29, 1.82) is 0 Å². The summed E-state index contributed by atoms with van der Waals surface area (Å²) < 4.78 is 3.91. The number of carbonyl (C=O) groups is 2. The third kappa shape index (κ3) is 4.01. The summed E-state index contributed by atoms with van der Waals surface area (Å²) in [5.74, 6) is -0.954. The molecule has 0 bridgehead atoms. The Hall–Kier alpha value is -1.76. The third-order valence-electron chi connectivity index (χ3n) is 4.46. The van der Waals surface area contributed by atoms with Crippen molar-refractivity contribution < 1.29 is 14.7 Å². The van der Waals surface area contributed by atoms with E-state index in [0.29, 0.717) is 37.1 Å². The van der Waals surface area contributed by atoms with Crippen LogP contribution in [0.1, 0.15) is 61.8 Å². The zero-order chi connectivity index (χ0) is 17.7. The minimum absolute atomic E-state index is 0.129. The summed E-state index contributed by atoms with van der Waals surface area (Å²) in [4.78, 5) is 27.0. The maximum atomic E-state index is 12.9. The van der Waals surface area contributed by atoms with E-state index in [9.17, 15) is 14.7 Å². The van der Waals surface area contributed by atoms with Crippen molar-refractivity contribution in [3.8, 4) is 0 Å². The molecular formula is C17H25N3O3S. The van der Waals surface area contributed by atoms with Crippen molar-refractivity contribution in [1.82, 2.24) is 14.5 Å². The van der Waals surface area contributed by atoms with Gasteiger partial charge in [0.05, 0.1) is 11.1 Å². The number of nitrogens with zero attached hydrogens (tertiary/aromatic N) is 3. The lowest BCUT2D eigenvalue weighted by Gasteiger charge is -2.39. The topological polar surface area (TPSA) is 83.4 Å². The van der Waals surface area contributed by atoms with Crippen LogP contribution in [0.5, 0.6) is 0 Å². The van der Waals surface area contributed by atoms with Crippen LogP contribution in [0.15, 0.2) is 11.6 Å². The summed E-state index contributed by atoms with van der Waals surface area (Å²) >= 11 is 1.11. The predicted octanol–water partition coefficient (Wildman–Crippen LogP) is 3.15. The first-order valence-corrected chi connectivity index (χ1v) is 9.14. The molecule has 2 heterocycles. The summed E-state index contributed by atoms with van der Waals surface area (Å²) in [6.07, 6.45) is 5.32. The number of carboxylic acids is 1. The maximum Gasteiger partial charge on any atom is 0.311 e. The number of amides is 1. The molecule has 2 rings (SSSR count). The fourth-order valence-corrected chi connectivity index (χ4v) is 3.72. The van der Waals surface area contributed by atoms with Crippen LogP contribution in [0, 0.1) is 5.41 Å². The lowest BCUT2D eigenvalue weighted by molar-refractivity contribution is -0.151.